The Labute approximate surface area is 108 Å². The van der Waals surface area contributed by atoms with Gasteiger partial charge in [-0.2, -0.15) is 0 Å². The van der Waals surface area contributed by atoms with Crippen LogP contribution in [0.15, 0.2) is 36.5 Å². The number of pyridine rings is 1. The van der Waals surface area contributed by atoms with Crippen molar-refractivity contribution in [1.82, 2.24) is 4.98 Å². The fraction of sp³-hybridized carbons (Fsp3) is 0. The van der Waals surface area contributed by atoms with Gasteiger partial charge in [-0.15, -0.1) is 0 Å². The molecular formula is C12H9ClFN3O. The molecule has 0 aliphatic heterocycles. The van der Waals surface area contributed by atoms with Gasteiger partial charge in [0.15, 0.2) is 0 Å². The van der Waals surface area contributed by atoms with Gasteiger partial charge < -0.3 is 11.1 Å². The van der Waals surface area contributed by atoms with Gasteiger partial charge in [0, 0.05) is 11.2 Å². The molecule has 0 aliphatic carbocycles. The Morgan fingerprint density at radius 2 is 2.11 bits per heavy atom. The SMILES string of the molecule is Nc1ccc(C(=O)Nc2cc(Cl)ccc2F)cn1. The number of halogens is 2. The monoisotopic (exact) mass is 265 g/mol. The van der Waals surface area contributed by atoms with Crippen LogP contribution in [0.2, 0.25) is 5.02 Å². The van der Waals surface area contributed by atoms with E-state index in [1.807, 2.05) is 0 Å². The van der Waals surface area contributed by atoms with Gasteiger partial charge in [-0.1, -0.05) is 11.6 Å². The highest BCUT2D eigenvalue weighted by molar-refractivity contribution is 6.31. The van der Waals surface area contributed by atoms with Crippen molar-refractivity contribution in [2.75, 3.05) is 11.1 Å². The first-order valence-corrected chi connectivity index (χ1v) is 5.42. The molecule has 3 N–H and O–H groups in total. The number of carbonyl (C=O) groups excluding carboxylic acids is 1. The minimum Gasteiger partial charge on any atom is -0.384 e. The molecule has 0 aliphatic rings. The summed E-state index contributed by atoms with van der Waals surface area (Å²) in [6, 6.07) is 6.90. The molecule has 6 heteroatoms. The fourth-order valence-corrected chi connectivity index (χ4v) is 1.50. The Balaban J connectivity index is 2.21. The molecule has 1 aromatic heterocycles. The lowest BCUT2D eigenvalue weighted by atomic mass is 10.2. The normalized spacial score (nSPS) is 10.1. The lowest BCUT2D eigenvalue weighted by Gasteiger charge is -2.06. The average molecular weight is 266 g/mol. The zero-order chi connectivity index (χ0) is 13.1. The van der Waals surface area contributed by atoms with Crippen LogP contribution in [0.5, 0.6) is 0 Å². The maximum atomic E-state index is 13.4. The summed E-state index contributed by atoms with van der Waals surface area (Å²) >= 11 is 5.72. The number of hydrogen-bond donors (Lipinski definition) is 2. The van der Waals surface area contributed by atoms with Crippen molar-refractivity contribution in [2.45, 2.75) is 0 Å². The third-order valence-electron chi connectivity index (χ3n) is 2.23. The predicted octanol–water partition coefficient (Wildman–Crippen LogP) is 2.71. The molecule has 0 saturated carbocycles. The number of aromatic nitrogens is 1. The first-order valence-electron chi connectivity index (χ1n) is 5.04. The van der Waals surface area contributed by atoms with E-state index in [4.69, 9.17) is 17.3 Å². The van der Waals surface area contributed by atoms with Crippen molar-refractivity contribution >= 4 is 29.0 Å². The van der Waals surface area contributed by atoms with E-state index in [9.17, 15) is 9.18 Å². The molecule has 0 spiro atoms. The van der Waals surface area contributed by atoms with E-state index in [2.05, 4.69) is 10.3 Å². The van der Waals surface area contributed by atoms with Gasteiger partial charge in [0.05, 0.1) is 11.3 Å². The van der Waals surface area contributed by atoms with Gasteiger partial charge in [0.1, 0.15) is 11.6 Å². The van der Waals surface area contributed by atoms with Crippen LogP contribution in [0.3, 0.4) is 0 Å². The molecule has 0 radical (unpaired) electrons. The summed E-state index contributed by atoms with van der Waals surface area (Å²) in [6.45, 7) is 0. The molecule has 0 saturated heterocycles. The summed E-state index contributed by atoms with van der Waals surface area (Å²) in [6.07, 6.45) is 1.31. The number of anilines is 2. The van der Waals surface area contributed by atoms with Crippen LogP contribution in [0, 0.1) is 5.82 Å². The first kappa shape index (κ1) is 12.3. The smallest absolute Gasteiger partial charge is 0.257 e. The fourth-order valence-electron chi connectivity index (χ4n) is 1.33. The second kappa shape index (κ2) is 5.01. The van der Waals surface area contributed by atoms with Crippen LogP contribution in [-0.2, 0) is 0 Å². The molecule has 1 aromatic carbocycles. The van der Waals surface area contributed by atoms with Gasteiger partial charge >= 0.3 is 0 Å². The number of benzene rings is 1. The van der Waals surface area contributed by atoms with Crippen molar-refractivity contribution in [3.05, 3.63) is 52.9 Å². The van der Waals surface area contributed by atoms with Crippen LogP contribution in [0.1, 0.15) is 10.4 Å². The highest BCUT2D eigenvalue weighted by Crippen LogP contribution is 2.20. The number of nitrogens with two attached hydrogens (primary N) is 1. The van der Waals surface area contributed by atoms with Crippen LogP contribution < -0.4 is 11.1 Å². The van der Waals surface area contributed by atoms with E-state index in [1.54, 1.807) is 0 Å². The molecule has 2 aromatic rings. The van der Waals surface area contributed by atoms with Gasteiger partial charge in [-0.25, -0.2) is 9.37 Å². The average Bonchev–Trinajstić information content (AvgIpc) is 2.34. The zero-order valence-corrected chi connectivity index (χ0v) is 9.91. The molecule has 92 valence electrons. The Kier molecular flexibility index (Phi) is 3.43. The van der Waals surface area contributed by atoms with Gasteiger partial charge in [0.25, 0.3) is 5.91 Å². The summed E-state index contributed by atoms with van der Waals surface area (Å²) in [4.78, 5) is 15.6. The summed E-state index contributed by atoms with van der Waals surface area (Å²) in [5.74, 6) is -0.736. The largest absolute Gasteiger partial charge is 0.384 e. The number of hydrogen-bond acceptors (Lipinski definition) is 3. The maximum absolute atomic E-state index is 13.4. The molecule has 4 nitrogen and oxygen atoms in total. The zero-order valence-electron chi connectivity index (χ0n) is 9.15. The molecule has 2 rings (SSSR count). The number of rotatable bonds is 2. The van der Waals surface area contributed by atoms with E-state index in [0.29, 0.717) is 10.8 Å². The standard InChI is InChI=1S/C12H9ClFN3O/c13-8-2-3-9(14)10(5-8)17-12(18)7-1-4-11(15)16-6-7/h1-6H,(H2,15,16)(H,17,18). The minimum absolute atomic E-state index is 0.0179. The van der Waals surface area contributed by atoms with E-state index in [0.717, 1.165) is 0 Å². The molecule has 0 unspecified atom stereocenters. The summed E-state index contributed by atoms with van der Waals surface area (Å²) in [5.41, 5.74) is 5.70. The van der Waals surface area contributed by atoms with Crippen LogP contribution in [0.25, 0.3) is 0 Å². The Morgan fingerprint density at radius 1 is 1.33 bits per heavy atom. The molecule has 1 amide bonds. The second-order valence-corrected chi connectivity index (χ2v) is 3.99. The third kappa shape index (κ3) is 2.75. The van der Waals surface area contributed by atoms with E-state index >= 15 is 0 Å². The predicted molar refractivity (Wildman–Crippen MR) is 68.0 cm³/mol. The van der Waals surface area contributed by atoms with Crippen molar-refractivity contribution in [1.29, 1.82) is 0 Å². The lowest BCUT2D eigenvalue weighted by molar-refractivity contribution is 0.102. The van der Waals surface area contributed by atoms with Crippen molar-refractivity contribution < 1.29 is 9.18 Å². The third-order valence-corrected chi connectivity index (χ3v) is 2.46. The summed E-state index contributed by atoms with van der Waals surface area (Å²) < 4.78 is 13.4. The maximum Gasteiger partial charge on any atom is 0.257 e. The van der Waals surface area contributed by atoms with Crippen LogP contribution in [-0.4, -0.2) is 10.9 Å². The highest BCUT2D eigenvalue weighted by Gasteiger charge is 2.10. The summed E-state index contributed by atoms with van der Waals surface area (Å²) in [7, 11) is 0. The van der Waals surface area contributed by atoms with Gasteiger partial charge in [0.2, 0.25) is 0 Å². The molecule has 0 fully saturated rings. The van der Waals surface area contributed by atoms with Crippen LogP contribution in [0.4, 0.5) is 15.9 Å². The first-order chi connectivity index (χ1) is 8.56. The van der Waals surface area contributed by atoms with E-state index in [1.165, 1.54) is 36.5 Å². The molecule has 0 bridgehead atoms. The van der Waals surface area contributed by atoms with E-state index < -0.39 is 11.7 Å². The quantitative estimate of drug-likeness (QED) is 0.877. The Bertz CT molecular complexity index is 586. The van der Waals surface area contributed by atoms with Crippen molar-refractivity contribution in [3.63, 3.8) is 0 Å². The molecule has 1 heterocycles. The lowest BCUT2D eigenvalue weighted by Crippen LogP contribution is -2.13. The van der Waals surface area contributed by atoms with Gasteiger partial charge in [-0.3, -0.25) is 4.79 Å². The summed E-state index contributed by atoms with van der Waals surface area (Å²) in [5, 5.41) is 2.74. The molecule has 18 heavy (non-hydrogen) atoms. The van der Waals surface area contributed by atoms with E-state index in [-0.39, 0.29) is 11.3 Å². The number of nitrogens with one attached hydrogen (secondary N) is 1. The molecular weight excluding hydrogens is 257 g/mol. The van der Waals surface area contributed by atoms with Crippen LogP contribution >= 0.6 is 11.6 Å². The highest BCUT2D eigenvalue weighted by atomic mass is 35.5. The number of amides is 1. The topological polar surface area (TPSA) is 68.0 Å². The Hall–Kier alpha value is -2.14. The molecule has 0 atom stereocenters. The number of nitrogen functional groups attached to an aromatic ring is 1. The Morgan fingerprint density at radius 3 is 2.78 bits per heavy atom. The van der Waals surface area contributed by atoms with Crippen molar-refractivity contribution in [2.24, 2.45) is 0 Å². The number of nitrogens with zero attached hydrogens (tertiary/aromatic N) is 1. The second-order valence-electron chi connectivity index (χ2n) is 3.55. The van der Waals surface area contributed by atoms with Gasteiger partial charge in [-0.05, 0) is 30.3 Å². The minimum atomic E-state index is -0.559. The number of carbonyl (C=O) groups is 1. The van der Waals surface area contributed by atoms with Crippen molar-refractivity contribution in [3.8, 4) is 0 Å².